The molecule has 186 valence electrons. The molecule has 1 amide bonds. The fourth-order valence-electron chi connectivity index (χ4n) is 4.82. The molecule has 1 aromatic heterocycles. The minimum atomic E-state index is -0.916. The average molecular weight is 491 g/mol. The molecule has 8 nitrogen and oxygen atoms in total. The summed E-state index contributed by atoms with van der Waals surface area (Å²) < 4.78 is 21.3. The number of ether oxygens (including phenoxy) is 1. The van der Waals surface area contributed by atoms with Crippen LogP contribution in [0.2, 0.25) is 0 Å². The largest absolute Gasteiger partial charge is 0.507 e. The summed E-state index contributed by atoms with van der Waals surface area (Å²) in [5.74, 6) is -2.32. The predicted molar refractivity (Wildman–Crippen MR) is 131 cm³/mol. The number of halogens is 1. The maximum Gasteiger partial charge on any atom is 0.295 e. The van der Waals surface area contributed by atoms with Crippen molar-refractivity contribution in [3.8, 4) is 5.69 Å². The van der Waals surface area contributed by atoms with Gasteiger partial charge < -0.3 is 14.7 Å². The maximum atomic E-state index is 14.2. The Labute approximate surface area is 208 Å². The van der Waals surface area contributed by atoms with Gasteiger partial charge in [-0.1, -0.05) is 30.3 Å². The number of hydrogen-bond acceptors (Lipinski definition) is 6. The molecule has 0 saturated carbocycles. The zero-order valence-electron chi connectivity index (χ0n) is 19.9. The van der Waals surface area contributed by atoms with Crippen molar-refractivity contribution in [2.24, 2.45) is 0 Å². The van der Waals surface area contributed by atoms with Crippen molar-refractivity contribution in [1.82, 2.24) is 19.6 Å². The van der Waals surface area contributed by atoms with Gasteiger partial charge in [0.05, 0.1) is 48.0 Å². The van der Waals surface area contributed by atoms with E-state index in [0.29, 0.717) is 36.6 Å². The van der Waals surface area contributed by atoms with Crippen molar-refractivity contribution in [3.05, 3.63) is 89.0 Å². The number of nitrogens with zero attached hydrogens (tertiary/aromatic N) is 4. The van der Waals surface area contributed by atoms with Gasteiger partial charge in [-0.3, -0.25) is 14.5 Å². The first-order valence-electron chi connectivity index (χ1n) is 11.9. The molecule has 1 atom stereocenters. The van der Waals surface area contributed by atoms with Crippen LogP contribution in [0, 0.1) is 12.7 Å². The van der Waals surface area contributed by atoms with E-state index >= 15 is 0 Å². The summed E-state index contributed by atoms with van der Waals surface area (Å²) in [7, 11) is 0. The van der Waals surface area contributed by atoms with Crippen molar-refractivity contribution < 1.29 is 23.8 Å². The Morgan fingerprint density at radius 2 is 1.83 bits per heavy atom. The molecule has 2 aliphatic rings. The zero-order chi connectivity index (χ0) is 25.2. The monoisotopic (exact) mass is 490 g/mol. The topological polar surface area (TPSA) is 87.9 Å². The summed E-state index contributed by atoms with van der Waals surface area (Å²) in [5.41, 5.74) is 2.10. The molecule has 36 heavy (non-hydrogen) atoms. The first kappa shape index (κ1) is 23.9. The molecule has 3 aromatic rings. The molecular formula is C27H27FN4O4. The van der Waals surface area contributed by atoms with Crippen LogP contribution in [0.15, 0.2) is 66.4 Å². The third-order valence-corrected chi connectivity index (χ3v) is 6.73. The smallest absolute Gasteiger partial charge is 0.295 e. The Morgan fingerprint density at radius 3 is 2.56 bits per heavy atom. The number of benzene rings is 2. The second-order valence-corrected chi connectivity index (χ2v) is 8.89. The van der Waals surface area contributed by atoms with Gasteiger partial charge in [-0.15, -0.1) is 0 Å². The molecule has 5 rings (SSSR count). The number of carbonyl (C=O) groups excluding carboxylic acids is 2. The fourth-order valence-corrected chi connectivity index (χ4v) is 4.82. The van der Waals surface area contributed by atoms with Gasteiger partial charge in [0.15, 0.2) is 0 Å². The van der Waals surface area contributed by atoms with E-state index in [0.717, 1.165) is 18.8 Å². The number of ketones is 1. The lowest BCUT2D eigenvalue weighted by Gasteiger charge is -2.31. The third-order valence-electron chi connectivity index (χ3n) is 6.73. The zero-order valence-corrected chi connectivity index (χ0v) is 19.9. The van der Waals surface area contributed by atoms with Crippen LogP contribution in [-0.2, 0) is 14.3 Å². The van der Waals surface area contributed by atoms with Gasteiger partial charge in [0.1, 0.15) is 11.6 Å². The summed E-state index contributed by atoms with van der Waals surface area (Å²) in [4.78, 5) is 30.0. The van der Waals surface area contributed by atoms with Crippen molar-refractivity contribution in [1.29, 1.82) is 0 Å². The molecule has 0 bridgehead atoms. The SMILES string of the molecule is Cc1c(C(O)=C2C(=O)C(=O)N(CCN3CCOCC3)C2c2cccc(F)c2)cnn1-c1ccccc1. The minimum absolute atomic E-state index is 0.0664. The Morgan fingerprint density at radius 1 is 1.08 bits per heavy atom. The highest BCUT2D eigenvalue weighted by Crippen LogP contribution is 2.40. The van der Waals surface area contributed by atoms with Crippen LogP contribution in [0.25, 0.3) is 11.4 Å². The van der Waals surface area contributed by atoms with E-state index in [1.807, 2.05) is 30.3 Å². The number of carbonyl (C=O) groups is 2. The summed E-state index contributed by atoms with van der Waals surface area (Å²) in [6.07, 6.45) is 1.47. The van der Waals surface area contributed by atoms with Gasteiger partial charge in [-0.2, -0.15) is 5.10 Å². The number of morpholine rings is 1. The van der Waals surface area contributed by atoms with E-state index in [2.05, 4.69) is 10.00 Å². The third kappa shape index (κ3) is 4.43. The molecule has 0 spiro atoms. The van der Waals surface area contributed by atoms with Crippen molar-refractivity contribution in [2.75, 3.05) is 39.4 Å². The molecule has 1 unspecified atom stereocenters. The van der Waals surface area contributed by atoms with Crippen molar-refractivity contribution in [3.63, 3.8) is 0 Å². The van der Waals surface area contributed by atoms with E-state index in [4.69, 9.17) is 4.74 Å². The number of likely N-dealkylation sites (tertiary alicyclic amines) is 1. The molecule has 2 aliphatic heterocycles. The van der Waals surface area contributed by atoms with Crippen LogP contribution in [-0.4, -0.2) is 75.8 Å². The molecule has 2 fully saturated rings. The van der Waals surface area contributed by atoms with Gasteiger partial charge in [-0.25, -0.2) is 9.07 Å². The van der Waals surface area contributed by atoms with E-state index in [1.54, 1.807) is 17.7 Å². The van der Waals surface area contributed by atoms with Crippen LogP contribution < -0.4 is 0 Å². The number of amides is 1. The number of hydrogen-bond donors (Lipinski definition) is 1. The normalized spacial score (nSPS) is 20.3. The highest BCUT2D eigenvalue weighted by molar-refractivity contribution is 6.46. The summed E-state index contributed by atoms with van der Waals surface area (Å²) >= 11 is 0. The lowest BCUT2D eigenvalue weighted by atomic mass is 9.95. The quantitative estimate of drug-likeness (QED) is 0.325. The van der Waals surface area contributed by atoms with Gasteiger partial charge in [0.25, 0.3) is 11.7 Å². The van der Waals surface area contributed by atoms with Crippen LogP contribution in [0.3, 0.4) is 0 Å². The molecule has 3 heterocycles. The van der Waals surface area contributed by atoms with Crippen LogP contribution in [0.4, 0.5) is 4.39 Å². The number of para-hydroxylation sites is 1. The Hall–Kier alpha value is -3.82. The fraction of sp³-hybridized carbons (Fsp3) is 0.296. The Kier molecular flexibility index (Phi) is 6.67. The average Bonchev–Trinajstić information content (AvgIpc) is 3.40. The maximum absolute atomic E-state index is 14.2. The van der Waals surface area contributed by atoms with E-state index in [-0.39, 0.29) is 17.9 Å². The highest BCUT2D eigenvalue weighted by Gasteiger charge is 2.46. The van der Waals surface area contributed by atoms with E-state index < -0.39 is 23.5 Å². The van der Waals surface area contributed by atoms with Crippen molar-refractivity contribution in [2.45, 2.75) is 13.0 Å². The Bertz CT molecular complexity index is 1310. The predicted octanol–water partition coefficient (Wildman–Crippen LogP) is 3.07. The van der Waals surface area contributed by atoms with Crippen LogP contribution in [0.5, 0.6) is 0 Å². The standard InChI is InChI=1S/C27H27FN4O4/c1-18-22(17-29-32(18)21-8-3-2-4-9-21)25(33)23-24(19-6-5-7-20(28)16-19)31(27(35)26(23)34)11-10-30-12-14-36-15-13-30/h2-9,16-17,24,33H,10-15H2,1H3. The van der Waals surface area contributed by atoms with Crippen molar-refractivity contribution >= 4 is 17.4 Å². The second-order valence-electron chi connectivity index (χ2n) is 8.89. The highest BCUT2D eigenvalue weighted by atomic mass is 19.1. The minimum Gasteiger partial charge on any atom is -0.507 e. The van der Waals surface area contributed by atoms with Crippen LogP contribution >= 0.6 is 0 Å². The number of Topliss-reactive ketones (excluding diaryl/α,β-unsaturated/α-hetero) is 1. The molecule has 0 radical (unpaired) electrons. The molecular weight excluding hydrogens is 463 g/mol. The number of aliphatic hydroxyl groups is 1. The van der Waals surface area contributed by atoms with E-state index in [9.17, 15) is 19.1 Å². The molecule has 2 saturated heterocycles. The van der Waals surface area contributed by atoms with Crippen LogP contribution in [0.1, 0.15) is 22.9 Å². The van der Waals surface area contributed by atoms with Gasteiger partial charge in [0, 0.05) is 26.2 Å². The summed E-state index contributed by atoms with van der Waals surface area (Å²) in [5, 5.41) is 15.8. The number of aliphatic hydroxyl groups excluding tert-OH is 1. The number of aromatic nitrogens is 2. The summed E-state index contributed by atoms with van der Waals surface area (Å²) in [6.45, 7) is 5.24. The molecule has 0 aliphatic carbocycles. The summed E-state index contributed by atoms with van der Waals surface area (Å²) in [6, 6.07) is 14.3. The molecule has 2 aromatic carbocycles. The molecule has 9 heteroatoms. The van der Waals surface area contributed by atoms with Gasteiger partial charge in [-0.05, 0) is 36.8 Å². The van der Waals surface area contributed by atoms with E-state index in [1.165, 1.54) is 29.3 Å². The molecule has 1 N–H and O–H groups in total. The van der Waals surface area contributed by atoms with Gasteiger partial charge in [0.2, 0.25) is 0 Å². The van der Waals surface area contributed by atoms with Gasteiger partial charge >= 0.3 is 0 Å². The lowest BCUT2D eigenvalue weighted by Crippen LogP contribution is -2.42. The first-order chi connectivity index (χ1) is 17.5. The number of rotatable bonds is 6. The second kappa shape index (κ2) is 10.0. The first-order valence-corrected chi connectivity index (χ1v) is 11.9. The Balaban J connectivity index is 1.56. The lowest BCUT2D eigenvalue weighted by molar-refractivity contribution is -0.140.